The largest absolute Gasteiger partial charge is 0.355 e. The molecule has 20 heavy (non-hydrogen) atoms. The van der Waals surface area contributed by atoms with Gasteiger partial charge in [-0.05, 0) is 43.6 Å². The fourth-order valence-corrected chi connectivity index (χ4v) is 3.18. The lowest BCUT2D eigenvalue weighted by atomic mass is 9.92. The van der Waals surface area contributed by atoms with Gasteiger partial charge in [-0.3, -0.25) is 4.98 Å². The van der Waals surface area contributed by atoms with Crippen molar-refractivity contribution < 1.29 is 0 Å². The molecule has 2 fully saturated rings. The molecule has 0 bridgehead atoms. The molecule has 1 aliphatic heterocycles. The van der Waals surface area contributed by atoms with E-state index in [2.05, 4.69) is 20.0 Å². The van der Waals surface area contributed by atoms with Crippen LogP contribution < -0.4 is 4.90 Å². The van der Waals surface area contributed by atoms with Gasteiger partial charge in [0.05, 0.1) is 12.4 Å². The molecule has 1 aliphatic carbocycles. The van der Waals surface area contributed by atoms with E-state index in [0.29, 0.717) is 0 Å². The van der Waals surface area contributed by atoms with Crippen LogP contribution in [0.2, 0.25) is 0 Å². The van der Waals surface area contributed by atoms with E-state index < -0.39 is 0 Å². The van der Waals surface area contributed by atoms with Gasteiger partial charge >= 0.3 is 0 Å². The van der Waals surface area contributed by atoms with Crippen LogP contribution in [0.15, 0.2) is 30.9 Å². The van der Waals surface area contributed by atoms with Crippen molar-refractivity contribution in [1.82, 2.24) is 19.7 Å². The van der Waals surface area contributed by atoms with E-state index in [1.165, 1.54) is 25.7 Å². The van der Waals surface area contributed by atoms with Crippen LogP contribution in [0.4, 0.5) is 5.82 Å². The molecule has 104 valence electrons. The molecule has 5 nitrogen and oxygen atoms in total. The van der Waals surface area contributed by atoms with E-state index in [1.54, 1.807) is 17.1 Å². The molecule has 0 amide bonds. The average molecular weight is 269 g/mol. The second-order valence-electron chi connectivity index (χ2n) is 5.85. The lowest BCUT2D eigenvalue weighted by molar-refractivity contribution is 0.362. The highest BCUT2D eigenvalue weighted by atomic mass is 15.3. The van der Waals surface area contributed by atoms with Gasteiger partial charge in [0.15, 0.2) is 5.82 Å². The maximum absolute atomic E-state index is 4.69. The highest BCUT2D eigenvalue weighted by Crippen LogP contribution is 2.42. The van der Waals surface area contributed by atoms with E-state index in [0.717, 1.165) is 36.6 Å². The highest BCUT2D eigenvalue weighted by molar-refractivity contribution is 5.39. The quantitative estimate of drug-likeness (QED) is 0.857. The lowest BCUT2D eigenvalue weighted by Gasteiger charge is -2.32. The number of nitrogens with zero attached hydrogens (tertiary/aromatic N) is 5. The molecule has 0 unspecified atom stereocenters. The molecule has 0 atom stereocenters. The Labute approximate surface area is 118 Å². The van der Waals surface area contributed by atoms with Gasteiger partial charge in [0.1, 0.15) is 5.82 Å². The third-order valence-corrected chi connectivity index (χ3v) is 4.50. The smallest absolute Gasteiger partial charge is 0.173 e. The van der Waals surface area contributed by atoms with Gasteiger partial charge in [-0.15, -0.1) is 0 Å². The number of aromatic nitrogens is 4. The fraction of sp³-hybridized carbons (Fsp3) is 0.533. The van der Waals surface area contributed by atoms with Gasteiger partial charge in [-0.2, -0.15) is 5.10 Å². The van der Waals surface area contributed by atoms with Crippen molar-refractivity contribution in [2.45, 2.75) is 25.7 Å². The first-order chi connectivity index (χ1) is 9.90. The van der Waals surface area contributed by atoms with E-state index >= 15 is 0 Å². The molecule has 2 aromatic rings. The van der Waals surface area contributed by atoms with Gasteiger partial charge in [0, 0.05) is 25.5 Å². The van der Waals surface area contributed by atoms with E-state index in [9.17, 15) is 0 Å². The Morgan fingerprint density at radius 3 is 2.40 bits per heavy atom. The minimum Gasteiger partial charge on any atom is -0.355 e. The maximum Gasteiger partial charge on any atom is 0.173 e. The molecule has 1 saturated carbocycles. The third-order valence-electron chi connectivity index (χ3n) is 4.50. The van der Waals surface area contributed by atoms with Gasteiger partial charge in [-0.1, -0.05) is 0 Å². The van der Waals surface area contributed by atoms with Crippen molar-refractivity contribution in [2.75, 3.05) is 18.0 Å². The number of piperidine rings is 1. The normalized spacial score (nSPS) is 20.3. The van der Waals surface area contributed by atoms with Crippen LogP contribution in [0.5, 0.6) is 0 Å². The zero-order chi connectivity index (χ0) is 13.4. The molecule has 1 saturated heterocycles. The molecule has 5 heteroatoms. The Bertz CT molecular complexity index is 568. The predicted molar refractivity (Wildman–Crippen MR) is 76.8 cm³/mol. The second kappa shape index (κ2) is 4.89. The molecule has 0 N–H and O–H groups in total. The first-order valence-electron chi connectivity index (χ1n) is 7.47. The van der Waals surface area contributed by atoms with Gasteiger partial charge < -0.3 is 4.90 Å². The Hall–Kier alpha value is -1.91. The van der Waals surface area contributed by atoms with E-state index in [-0.39, 0.29) is 0 Å². The summed E-state index contributed by atoms with van der Waals surface area (Å²) >= 11 is 0. The van der Waals surface area contributed by atoms with Gasteiger partial charge in [-0.25, -0.2) is 9.67 Å². The Balaban J connectivity index is 1.50. The average Bonchev–Trinajstić information content (AvgIpc) is 3.22. The van der Waals surface area contributed by atoms with Crippen LogP contribution in [0, 0.1) is 11.8 Å². The Morgan fingerprint density at radius 2 is 1.70 bits per heavy atom. The topological polar surface area (TPSA) is 46.8 Å². The number of anilines is 1. The van der Waals surface area contributed by atoms with Crippen molar-refractivity contribution in [2.24, 2.45) is 11.8 Å². The summed E-state index contributed by atoms with van der Waals surface area (Å²) < 4.78 is 1.76. The van der Waals surface area contributed by atoms with Crippen molar-refractivity contribution in [3.63, 3.8) is 0 Å². The molecular weight excluding hydrogens is 250 g/mol. The highest BCUT2D eigenvalue weighted by Gasteiger charge is 2.33. The molecule has 4 rings (SSSR count). The van der Waals surface area contributed by atoms with Gasteiger partial charge in [0.2, 0.25) is 0 Å². The van der Waals surface area contributed by atoms with Crippen molar-refractivity contribution in [3.8, 4) is 5.82 Å². The van der Waals surface area contributed by atoms with Crippen LogP contribution in [-0.2, 0) is 0 Å². The molecule has 0 radical (unpaired) electrons. The van der Waals surface area contributed by atoms with Gasteiger partial charge in [0.25, 0.3) is 0 Å². The molecular formula is C15H19N5. The summed E-state index contributed by atoms with van der Waals surface area (Å²) in [6.07, 6.45) is 12.8. The van der Waals surface area contributed by atoms with Crippen LogP contribution in [0.3, 0.4) is 0 Å². The minimum atomic E-state index is 0.789. The SMILES string of the molecule is c1cnn(-c2cncc(N3CCC(C4CC4)CC3)n2)c1. The standard InChI is InChI=1S/C15H19N5/c1-6-17-20(7-1)15-11-16-10-14(18-15)19-8-4-13(5-9-19)12-2-3-12/h1,6-7,10-13H,2-5,8-9H2. The Kier molecular flexibility index (Phi) is 2.90. The summed E-state index contributed by atoms with van der Waals surface area (Å²) in [5.41, 5.74) is 0. The van der Waals surface area contributed by atoms with Crippen molar-refractivity contribution in [3.05, 3.63) is 30.9 Å². The first-order valence-corrected chi connectivity index (χ1v) is 7.47. The third kappa shape index (κ3) is 2.28. The maximum atomic E-state index is 4.69. The molecule has 0 aromatic carbocycles. The number of hydrogen-bond donors (Lipinski definition) is 0. The zero-order valence-corrected chi connectivity index (χ0v) is 11.5. The summed E-state index contributed by atoms with van der Waals surface area (Å²) in [5.74, 6) is 3.75. The molecule has 2 aliphatic rings. The summed E-state index contributed by atoms with van der Waals surface area (Å²) in [6, 6.07) is 1.90. The zero-order valence-electron chi connectivity index (χ0n) is 11.5. The summed E-state index contributed by atoms with van der Waals surface area (Å²) in [6.45, 7) is 2.22. The predicted octanol–water partition coefficient (Wildman–Crippen LogP) is 2.29. The molecule has 3 heterocycles. The minimum absolute atomic E-state index is 0.789. The van der Waals surface area contributed by atoms with Crippen LogP contribution in [0.1, 0.15) is 25.7 Å². The van der Waals surface area contributed by atoms with Crippen LogP contribution in [-0.4, -0.2) is 32.8 Å². The van der Waals surface area contributed by atoms with Crippen molar-refractivity contribution >= 4 is 5.82 Å². The molecule has 2 aromatic heterocycles. The number of rotatable bonds is 3. The Morgan fingerprint density at radius 1 is 0.950 bits per heavy atom. The summed E-state index contributed by atoms with van der Waals surface area (Å²) in [7, 11) is 0. The fourth-order valence-electron chi connectivity index (χ4n) is 3.18. The van der Waals surface area contributed by atoms with Crippen LogP contribution in [0.25, 0.3) is 5.82 Å². The van der Waals surface area contributed by atoms with Crippen LogP contribution >= 0.6 is 0 Å². The second-order valence-corrected chi connectivity index (χ2v) is 5.85. The first kappa shape index (κ1) is 11.9. The monoisotopic (exact) mass is 269 g/mol. The summed E-state index contributed by atoms with van der Waals surface area (Å²) in [4.78, 5) is 11.4. The lowest BCUT2D eigenvalue weighted by Crippen LogP contribution is -2.35. The number of hydrogen-bond acceptors (Lipinski definition) is 4. The van der Waals surface area contributed by atoms with E-state index in [1.807, 2.05) is 18.5 Å². The molecule has 0 spiro atoms. The summed E-state index contributed by atoms with van der Waals surface area (Å²) in [5, 5.41) is 4.21. The van der Waals surface area contributed by atoms with E-state index in [4.69, 9.17) is 0 Å². The van der Waals surface area contributed by atoms with Crippen molar-refractivity contribution in [1.29, 1.82) is 0 Å².